The third kappa shape index (κ3) is 3.03. The Morgan fingerprint density at radius 1 is 1.06 bits per heavy atom. The molecule has 0 aliphatic rings. The van der Waals surface area contributed by atoms with Crippen molar-refractivity contribution in [3.05, 3.63) is 58.1 Å². The van der Waals surface area contributed by atoms with E-state index < -0.39 is 5.97 Å². The second-order valence-corrected chi connectivity index (χ2v) is 4.76. The third-order valence-corrected chi connectivity index (χ3v) is 3.02. The maximum absolute atomic E-state index is 10.8. The predicted molar refractivity (Wildman–Crippen MR) is 73.2 cm³/mol. The predicted octanol–water partition coefficient (Wildman–Crippen LogP) is 4.29. The van der Waals surface area contributed by atoms with Crippen LogP contribution >= 0.6 is 23.2 Å². The molecule has 0 fully saturated rings. The van der Waals surface area contributed by atoms with Crippen LogP contribution in [0.15, 0.2) is 42.5 Å². The highest BCUT2D eigenvalue weighted by atomic mass is 35.5. The van der Waals surface area contributed by atoms with Gasteiger partial charge in [-0.15, -0.1) is 0 Å². The second kappa shape index (κ2) is 5.42. The molecule has 2 rings (SSSR count). The van der Waals surface area contributed by atoms with Gasteiger partial charge in [0.2, 0.25) is 0 Å². The van der Waals surface area contributed by atoms with Gasteiger partial charge >= 0.3 is 5.97 Å². The van der Waals surface area contributed by atoms with E-state index in [4.69, 9.17) is 28.3 Å². The van der Waals surface area contributed by atoms with Crippen molar-refractivity contribution in [2.75, 3.05) is 0 Å². The van der Waals surface area contributed by atoms with Gasteiger partial charge in [0.05, 0.1) is 6.42 Å². The van der Waals surface area contributed by atoms with Crippen molar-refractivity contribution in [2.24, 2.45) is 0 Å². The molecule has 2 nitrogen and oxygen atoms in total. The normalized spacial score (nSPS) is 10.3. The Morgan fingerprint density at radius 2 is 1.78 bits per heavy atom. The molecule has 0 amide bonds. The summed E-state index contributed by atoms with van der Waals surface area (Å²) in [5.74, 6) is -0.874. The lowest BCUT2D eigenvalue weighted by atomic mass is 9.98. The molecule has 92 valence electrons. The molecule has 0 saturated heterocycles. The number of rotatable bonds is 3. The minimum Gasteiger partial charge on any atom is -0.481 e. The van der Waals surface area contributed by atoms with E-state index in [0.717, 1.165) is 11.1 Å². The van der Waals surface area contributed by atoms with Gasteiger partial charge in [0.25, 0.3) is 0 Å². The number of carboxylic acid groups (broad SMARTS) is 1. The molecule has 0 radical (unpaired) electrons. The van der Waals surface area contributed by atoms with Gasteiger partial charge in [-0.25, -0.2) is 0 Å². The zero-order chi connectivity index (χ0) is 13.1. The Hall–Kier alpha value is -1.51. The monoisotopic (exact) mass is 280 g/mol. The number of carbonyl (C=O) groups is 1. The maximum atomic E-state index is 10.8. The van der Waals surface area contributed by atoms with Gasteiger partial charge in [-0.2, -0.15) is 0 Å². The summed E-state index contributed by atoms with van der Waals surface area (Å²) >= 11 is 11.9. The largest absolute Gasteiger partial charge is 0.481 e. The molecule has 0 aromatic heterocycles. The summed E-state index contributed by atoms with van der Waals surface area (Å²) in [6.07, 6.45) is -0.0426. The summed E-state index contributed by atoms with van der Waals surface area (Å²) in [6, 6.07) is 12.4. The highest BCUT2D eigenvalue weighted by Crippen LogP contribution is 2.29. The van der Waals surface area contributed by atoms with E-state index in [9.17, 15) is 4.79 Å². The van der Waals surface area contributed by atoms with E-state index in [0.29, 0.717) is 15.6 Å². The molecule has 2 aromatic rings. The first kappa shape index (κ1) is 12.9. The molecule has 0 unspecified atom stereocenters. The molecule has 1 N–H and O–H groups in total. The second-order valence-electron chi connectivity index (χ2n) is 3.88. The summed E-state index contributed by atoms with van der Waals surface area (Å²) < 4.78 is 0. The zero-order valence-electron chi connectivity index (χ0n) is 9.36. The Morgan fingerprint density at radius 3 is 2.44 bits per heavy atom. The first-order chi connectivity index (χ1) is 8.56. The van der Waals surface area contributed by atoms with Crippen LogP contribution in [0, 0.1) is 0 Å². The Kier molecular flexibility index (Phi) is 3.90. The van der Waals surface area contributed by atoms with Crippen molar-refractivity contribution in [1.29, 1.82) is 0 Å². The topological polar surface area (TPSA) is 37.3 Å². The minimum atomic E-state index is -0.874. The molecule has 2 aromatic carbocycles. The van der Waals surface area contributed by atoms with Crippen LogP contribution < -0.4 is 0 Å². The van der Waals surface area contributed by atoms with Gasteiger partial charge in [0.15, 0.2) is 0 Å². The van der Waals surface area contributed by atoms with Crippen molar-refractivity contribution >= 4 is 29.2 Å². The highest BCUT2D eigenvalue weighted by molar-refractivity contribution is 6.31. The van der Waals surface area contributed by atoms with E-state index in [1.54, 1.807) is 30.3 Å². The summed E-state index contributed by atoms with van der Waals surface area (Å²) in [4.78, 5) is 10.8. The lowest BCUT2D eigenvalue weighted by molar-refractivity contribution is -0.136. The standard InChI is InChI=1S/C14H10Cl2O2/c15-11-3-1-2-9(6-11)13-8-12(16)5-4-10(13)7-14(17)18/h1-6,8H,7H2,(H,17,18). The first-order valence-corrected chi connectivity index (χ1v) is 6.08. The maximum Gasteiger partial charge on any atom is 0.307 e. The summed E-state index contributed by atoms with van der Waals surface area (Å²) in [7, 11) is 0. The zero-order valence-corrected chi connectivity index (χ0v) is 10.9. The van der Waals surface area contributed by atoms with Crippen LogP contribution in [-0.2, 0) is 11.2 Å². The Balaban J connectivity index is 2.54. The molecule has 18 heavy (non-hydrogen) atoms. The Bertz CT molecular complexity index is 594. The van der Waals surface area contributed by atoms with Gasteiger partial charge in [0.1, 0.15) is 0 Å². The summed E-state index contributed by atoms with van der Waals surface area (Å²) in [5.41, 5.74) is 2.38. The van der Waals surface area contributed by atoms with Gasteiger partial charge in [0, 0.05) is 10.0 Å². The molecular weight excluding hydrogens is 271 g/mol. The fourth-order valence-corrected chi connectivity index (χ4v) is 2.15. The summed E-state index contributed by atoms with van der Waals surface area (Å²) in [5, 5.41) is 10.1. The minimum absolute atomic E-state index is 0.0426. The number of aliphatic carboxylic acids is 1. The molecule has 0 spiro atoms. The smallest absolute Gasteiger partial charge is 0.307 e. The van der Waals surface area contributed by atoms with Crippen molar-refractivity contribution < 1.29 is 9.90 Å². The summed E-state index contributed by atoms with van der Waals surface area (Å²) in [6.45, 7) is 0. The number of hydrogen-bond donors (Lipinski definition) is 1. The van der Waals surface area contributed by atoms with Gasteiger partial charge in [-0.05, 0) is 41.0 Å². The highest BCUT2D eigenvalue weighted by Gasteiger charge is 2.09. The molecular formula is C14H10Cl2O2. The van der Waals surface area contributed by atoms with E-state index in [2.05, 4.69) is 0 Å². The van der Waals surface area contributed by atoms with Crippen LogP contribution in [0.5, 0.6) is 0 Å². The number of carboxylic acids is 1. The SMILES string of the molecule is O=C(O)Cc1ccc(Cl)cc1-c1cccc(Cl)c1. The van der Waals surface area contributed by atoms with Crippen LogP contribution in [0.3, 0.4) is 0 Å². The van der Waals surface area contributed by atoms with Gasteiger partial charge in [-0.3, -0.25) is 4.79 Å². The van der Waals surface area contributed by atoms with E-state index in [1.807, 2.05) is 12.1 Å². The molecule has 0 aliphatic carbocycles. The van der Waals surface area contributed by atoms with Crippen molar-refractivity contribution in [3.63, 3.8) is 0 Å². The number of halogens is 2. The number of benzene rings is 2. The molecule has 4 heteroatoms. The fourth-order valence-electron chi connectivity index (χ4n) is 1.79. The lowest BCUT2D eigenvalue weighted by Gasteiger charge is -2.09. The quantitative estimate of drug-likeness (QED) is 0.911. The fraction of sp³-hybridized carbons (Fsp3) is 0.0714. The van der Waals surface area contributed by atoms with E-state index in [-0.39, 0.29) is 6.42 Å². The lowest BCUT2D eigenvalue weighted by Crippen LogP contribution is -2.01. The Labute approximate surface area is 115 Å². The van der Waals surface area contributed by atoms with Crippen molar-refractivity contribution in [3.8, 4) is 11.1 Å². The average Bonchev–Trinajstić information content (AvgIpc) is 2.31. The van der Waals surface area contributed by atoms with Gasteiger partial charge in [-0.1, -0.05) is 41.4 Å². The number of hydrogen-bond acceptors (Lipinski definition) is 1. The van der Waals surface area contributed by atoms with Gasteiger partial charge < -0.3 is 5.11 Å². The van der Waals surface area contributed by atoms with Crippen LogP contribution in [0.2, 0.25) is 10.0 Å². The average molecular weight is 281 g/mol. The van der Waals surface area contributed by atoms with Crippen LogP contribution in [0.1, 0.15) is 5.56 Å². The molecule has 0 saturated carbocycles. The van der Waals surface area contributed by atoms with E-state index in [1.165, 1.54) is 0 Å². The van der Waals surface area contributed by atoms with Crippen molar-refractivity contribution in [1.82, 2.24) is 0 Å². The third-order valence-electron chi connectivity index (χ3n) is 2.55. The van der Waals surface area contributed by atoms with Crippen molar-refractivity contribution in [2.45, 2.75) is 6.42 Å². The van der Waals surface area contributed by atoms with Crippen LogP contribution in [0.25, 0.3) is 11.1 Å². The molecule has 0 heterocycles. The molecule has 0 bridgehead atoms. The molecule has 0 aliphatic heterocycles. The van der Waals surface area contributed by atoms with Crippen LogP contribution in [0.4, 0.5) is 0 Å². The van der Waals surface area contributed by atoms with Crippen LogP contribution in [-0.4, -0.2) is 11.1 Å². The van der Waals surface area contributed by atoms with E-state index >= 15 is 0 Å². The first-order valence-electron chi connectivity index (χ1n) is 5.32. The molecule has 0 atom stereocenters.